The summed E-state index contributed by atoms with van der Waals surface area (Å²) in [5.41, 5.74) is 0. The Bertz CT molecular complexity index is 231. The number of aliphatic carboxylic acids is 2. The fourth-order valence-electron chi connectivity index (χ4n) is 1.08. The monoisotopic (exact) mass is 232 g/mol. The van der Waals surface area contributed by atoms with Crippen LogP contribution in [0.15, 0.2) is 0 Å². The van der Waals surface area contributed by atoms with Gasteiger partial charge < -0.3 is 10.2 Å². The van der Waals surface area contributed by atoms with Crippen LogP contribution in [-0.4, -0.2) is 71.2 Å². The molecule has 0 saturated carbocycles. The minimum absolute atomic E-state index is 0.515. The van der Waals surface area contributed by atoms with E-state index in [2.05, 4.69) is 0 Å². The Morgan fingerprint density at radius 2 is 1.19 bits per heavy atom. The van der Waals surface area contributed by atoms with Gasteiger partial charge in [0.25, 0.3) is 0 Å². The van der Waals surface area contributed by atoms with Crippen LogP contribution < -0.4 is 0 Å². The minimum Gasteiger partial charge on any atom is -0.480 e. The third kappa shape index (κ3) is 4.59. The van der Waals surface area contributed by atoms with Gasteiger partial charge in [0.1, 0.15) is 12.1 Å². The lowest BCUT2D eigenvalue weighted by molar-refractivity contribution is -0.144. The van der Waals surface area contributed by atoms with E-state index in [1.807, 2.05) is 0 Å². The first kappa shape index (κ1) is 14.9. The molecular formula is C10H20N2O4. The lowest BCUT2D eigenvalue weighted by Crippen LogP contribution is -2.44. The highest BCUT2D eigenvalue weighted by Crippen LogP contribution is 1.99. The molecular weight excluding hydrogens is 212 g/mol. The lowest BCUT2D eigenvalue weighted by Gasteiger charge is -2.26. The van der Waals surface area contributed by atoms with Crippen molar-refractivity contribution in [2.75, 3.05) is 27.2 Å². The van der Waals surface area contributed by atoms with Gasteiger partial charge in [-0.3, -0.25) is 19.4 Å². The summed E-state index contributed by atoms with van der Waals surface area (Å²) in [6.45, 7) is 4.23. The summed E-state index contributed by atoms with van der Waals surface area (Å²) >= 11 is 0. The zero-order valence-electron chi connectivity index (χ0n) is 10.2. The van der Waals surface area contributed by atoms with E-state index in [1.54, 1.807) is 37.7 Å². The fourth-order valence-corrected chi connectivity index (χ4v) is 1.08. The van der Waals surface area contributed by atoms with Crippen LogP contribution in [0.25, 0.3) is 0 Å². The molecule has 0 aromatic carbocycles. The Hall–Kier alpha value is -1.14. The predicted molar refractivity (Wildman–Crippen MR) is 59.5 cm³/mol. The van der Waals surface area contributed by atoms with Crippen molar-refractivity contribution < 1.29 is 19.8 Å². The maximum atomic E-state index is 10.7. The summed E-state index contributed by atoms with van der Waals surface area (Å²) < 4.78 is 0. The van der Waals surface area contributed by atoms with Gasteiger partial charge >= 0.3 is 11.9 Å². The van der Waals surface area contributed by atoms with Crippen molar-refractivity contribution in [3.05, 3.63) is 0 Å². The SMILES string of the molecule is C[C@@H](C(=O)O)N(C)CCN(C)[C@@H](C)C(=O)O. The van der Waals surface area contributed by atoms with Gasteiger partial charge in [0.15, 0.2) is 0 Å². The van der Waals surface area contributed by atoms with Gasteiger partial charge in [0, 0.05) is 13.1 Å². The number of carbonyl (C=O) groups is 2. The van der Waals surface area contributed by atoms with Crippen molar-refractivity contribution in [3.63, 3.8) is 0 Å². The Balaban J connectivity index is 4.05. The van der Waals surface area contributed by atoms with E-state index in [0.29, 0.717) is 13.1 Å². The first-order chi connectivity index (χ1) is 7.27. The maximum Gasteiger partial charge on any atom is 0.320 e. The summed E-state index contributed by atoms with van der Waals surface area (Å²) in [5, 5.41) is 17.5. The van der Waals surface area contributed by atoms with Crippen LogP contribution >= 0.6 is 0 Å². The highest BCUT2D eigenvalue weighted by atomic mass is 16.4. The standard InChI is InChI=1S/C10H20N2O4/c1-7(9(13)14)11(3)5-6-12(4)8(2)10(15)16/h7-8H,5-6H2,1-4H3,(H,13,14)(H,15,16)/t7-,8-/m0/s1. The van der Waals surface area contributed by atoms with Gasteiger partial charge in [0.05, 0.1) is 0 Å². The van der Waals surface area contributed by atoms with E-state index in [0.717, 1.165) is 0 Å². The highest BCUT2D eigenvalue weighted by Gasteiger charge is 2.20. The lowest BCUT2D eigenvalue weighted by atomic mass is 10.2. The number of nitrogens with zero attached hydrogens (tertiary/aromatic N) is 2. The Morgan fingerprint density at radius 3 is 1.38 bits per heavy atom. The topological polar surface area (TPSA) is 81.1 Å². The van der Waals surface area contributed by atoms with Gasteiger partial charge in [-0.2, -0.15) is 0 Å². The van der Waals surface area contributed by atoms with Gasteiger partial charge in [-0.15, -0.1) is 0 Å². The molecule has 0 aromatic rings. The second-order valence-electron chi connectivity index (χ2n) is 3.99. The van der Waals surface area contributed by atoms with Crippen molar-refractivity contribution in [1.82, 2.24) is 9.80 Å². The number of likely N-dealkylation sites (N-methyl/N-ethyl adjacent to an activating group) is 2. The highest BCUT2D eigenvalue weighted by molar-refractivity contribution is 5.73. The van der Waals surface area contributed by atoms with E-state index in [1.165, 1.54) is 0 Å². The largest absolute Gasteiger partial charge is 0.480 e. The molecule has 0 aliphatic rings. The molecule has 0 unspecified atom stereocenters. The smallest absolute Gasteiger partial charge is 0.320 e. The number of hydrogen-bond acceptors (Lipinski definition) is 4. The summed E-state index contributed by atoms with van der Waals surface area (Å²) in [4.78, 5) is 24.7. The molecule has 94 valence electrons. The van der Waals surface area contributed by atoms with E-state index in [-0.39, 0.29) is 0 Å². The molecule has 16 heavy (non-hydrogen) atoms. The number of hydrogen-bond donors (Lipinski definition) is 2. The number of carboxylic acids is 2. The molecule has 0 aromatic heterocycles. The van der Waals surface area contributed by atoms with Crippen LogP contribution in [0, 0.1) is 0 Å². The predicted octanol–water partition coefficient (Wildman–Crippen LogP) is -0.204. The summed E-state index contributed by atoms with van der Waals surface area (Å²) in [6.07, 6.45) is 0. The zero-order valence-corrected chi connectivity index (χ0v) is 10.2. The molecule has 0 rings (SSSR count). The van der Waals surface area contributed by atoms with Crippen molar-refractivity contribution in [3.8, 4) is 0 Å². The van der Waals surface area contributed by atoms with E-state index in [9.17, 15) is 9.59 Å². The van der Waals surface area contributed by atoms with Crippen LogP contribution in [0.4, 0.5) is 0 Å². The first-order valence-electron chi connectivity index (χ1n) is 5.13. The van der Waals surface area contributed by atoms with Crippen LogP contribution in [-0.2, 0) is 9.59 Å². The Labute approximate surface area is 95.5 Å². The van der Waals surface area contributed by atoms with Crippen LogP contribution in [0.3, 0.4) is 0 Å². The molecule has 0 radical (unpaired) electrons. The van der Waals surface area contributed by atoms with Crippen molar-refractivity contribution in [1.29, 1.82) is 0 Å². The molecule has 2 atom stereocenters. The maximum absolute atomic E-state index is 10.7. The third-order valence-corrected chi connectivity index (χ3v) is 2.84. The number of carboxylic acid groups (broad SMARTS) is 2. The Kier molecular flexibility index (Phi) is 5.98. The summed E-state index contributed by atoms with van der Waals surface area (Å²) in [7, 11) is 3.41. The minimum atomic E-state index is -0.878. The van der Waals surface area contributed by atoms with Crippen molar-refractivity contribution in [2.45, 2.75) is 25.9 Å². The molecule has 0 aliphatic heterocycles. The second-order valence-corrected chi connectivity index (χ2v) is 3.99. The number of rotatable bonds is 7. The summed E-state index contributed by atoms with van der Waals surface area (Å²) in [6, 6.07) is -1.12. The summed E-state index contributed by atoms with van der Waals surface area (Å²) in [5.74, 6) is -1.76. The normalized spacial score (nSPS) is 15.1. The third-order valence-electron chi connectivity index (χ3n) is 2.84. The molecule has 0 aliphatic carbocycles. The van der Waals surface area contributed by atoms with E-state index in [4.69, 9.17) is 10.2 Å². The van der Waals surface area contributed by atoms with Gasteiger partial charge in [-0.25, -0.2) is 0 Å². The molecule has 0 heterocycles. The quantitative estimate of drug-likeness (QED) is 0.632. The zero-order chi connectivity index (χ0) is 12.9. The van der Waals surface area contributed by atoms with E-state index >= 15 is 0 Å². The van der Waals surface area contributed by atoms with Gasteiger partial charge in [0.2, 0.25) is 0 Å². The first-order valence-corrected chi connectivity index (χ1v) is 5.13. The van der Waals surface area contributed by atoms with Crippen LogP contribution in [0.1, 0.15) is 13.8 Å². The molecule has 0 fully saturated rings. The van der Waals surface area contributed by atoms with Crippen LogP contribution in [0.2, 0.25) is 0 Å². The average Bonchev–Trinajstić information content (AvgIpc) is 2.22. The molecule has 0 bridgehead atoms. The van der Waals surface area contributed by atoms with Crippen molar-refractivity contribution >= 4 is 11.9 Å². The van der Waals surface area contributed by atoms with Crippen LogP contribution in [0.5, 0.6) is 0 Å². The molecule has 0 saturated heterocycles. The van der Waals surface area contributed by atoms with E-state index < -0.39 is 24.0 Å². The average molecular weight is 232 g/mol. The molecule has 6 heteroatoms. The fraction of sp³-hybridized carbons (Fsp3) is 0.800. The molecule has 2 N–H and O–H groups in total. The van der Waals surface area contributed by atoms with Gasteiger partial charge in [-0.05, 0) is 27.9 Å². The molecule has 0 amide bonds. The molecule has 6 nitrogen and oxygen atoms in total. The second kappa shape index (κ2) is 6.44. The van der Waals surface area contributed by atoms with Gasteiger partial charge in [-0.1, -0.05) is 0 Å². The van der Waals surface area contributed by atoms with Crippen molar-refractivity contribution in [2.24, 2.45) is 0 Å². The molecule has 0 spiro atoms. The Morgan fingerprint density at radius 1 is 0.938 bits per heavy atom.